The normalized spacial score (nSPS) is 23.3. The molecule has 2 aliphatic rings. The minimum absolute atomic E-state index is 0.0278. The summed E-state index contributed by atoms with van der Waals surface area (Å²) >= 11 is 0. The van der Waals surface area contributed by atoms with Gasteiger partial charge in [-0.3, -0.25) is 14.4 Å². The summed E-state index contributed by atoms with van der Waals surface area (Å²) in [7, 11) is 1.72. The predicted molar refractivity (Wildman–Crippen MR) is 92.3 cm³/mol. The van der Waals surface area contributed by atoms with Gasteiger partial charge in [-0.2, -0.15) is 0 Å². The van der Waals surface area contributed by atoms with Gasteiger partial charge in [0, 0.05) is 33.0 Å². The van der Waals surface area contributed by atoms with Crippen LogP contribution in [0, 0.1) is 5.92 Å². The molecule has 3 amide bonds. The van der Waals surface area contributed by atoms with Gasteiger partial charge in [-0.05, 0) is 19.1 Å². The van der Waals surface area contributed by atoms with Crippen molar-refractivity contribution >= 4 is 23.4 Å². The summed E-state index contributed by atoms with van der Waals surface area (Å²) in [6.07, 6.45) is 0.489. The topological polar surface area (TPSA) is 79.0 Å². The van der Waals surface area contributed by atoms with Gasteiger partial charge in [0.15, 0.2) is 0 Å². The molecule has 2 aliphatic heterocycles. The number of nitrogens with zero attached hydrogens (tertiary/aromatic N) is 2. The Bertz CT molecular complexity index is 691. The highest BCUT2D eigenvalue weighted by molar-refractivity contribution is 6.01. The first kappa shape index (κ1) is 17.3. The van der Waals surface area contributed by atoms with Crippen LogP contribution in [0.15, 0.2) is 24.3 Å². The Hall–Kier alpha value is -2.57. The first-order valence-corrected chi connectivity index (χ1v) is 8.56. The lowest BCUT2D eigenvalue weighted by Crippen LogP contribution is -2.41. The van der Waals surface area contributed by atoms with E-state index in [9.17, 15) is 14.4 Å². The average molecular weight is 345 g/mol. The van der Waals surface area contributed by atoms with Crippen LogP contribution in [0.4, 0.5) is 5.69 Å². The molecule has 2 atom stereocenters. The maximum absolute atomic E-state index is 12.5. The Labute approximate surface area is 146 Å². The Morgan fingerprint density at radius 2 is 1.96 bits per heavy atom. The number of likely N-dealkylation sites (tertiary alicyclic amines) is 1. The van der Waals surface area contributed by atoms with Gasteiger partial charge in [-0.1, -0.05) is 12.1 Å². The molecule has 3 rings (SSSR count). The predicted octanol–water partition coefficient (Wildman–Crippen LogP) is 0.785. The van der Waals surface area contributed by atoms with E-state index in [1.54, 1.807) is 16.8 Å². The molecule has 0 aromatic heterocycles. The molecule has 7 heteroatoms. The van der Waals surface area contributed by atoms with Crippen LogP contribution in [0.3, 0.4) is 0 Å². The minimum Gasteiger partial charge on any atom is -0.492 e. The molecule has 0 saturated carbocycles. The smallest absolute Gasteiger partial charge is 0.227 e. The molecule has 0 radical (unpaired) electrons. The molecule has 7 nitrogen and oxygen atoms in total. The number of likely N-dealkylation sites (N-methyl/N-ethyl adjacent to an activating group) is 1. The Morgan fingerprint density at radius 1 is 1.20 bits per heavy atom. The second-order valence-electron chi connectivity index (χ2n) is 6.49. The van der Waals surface area contributed by atoms with Crippen molar-refractivity contribution in [2.24, 2.45) is 5.92 Å². The van der Waals surface area contributed by atoms with Gasteiger partial charge < -0.3 is 19.9 Å². The molecule has 25 heavy (non-hydrogen) atoms. The summed E-state index contributed by atoms with van der Waals surface area (Å²) < 4.78 is 5.59. The van der Waals surface area contributed by atoms with Crippen LogP contribution >= 0.6 is 0 Å². The number of amides is 3. The Kier molecular flexibility index (Phi) is 4.92. The molecule has 2 heterocycles. The molecular formula is C18H23N3O4. The van der Waals surface area contributed by atoms with E-state index in [0.29, 0.717) is 37.6 Å². The third kappa shape index (κ3) is 3.60. The van der Waals surface area contributed by atoms with Crippen molar-refractivity contribution in [2.45, 2.75) is 25.8 Å². The van der Waals surface area contributed by atoms with E-state index >= 15 is 0 Å². The fraction of sp³-hybridized carbons (Fsp3) is 0.500. The quantitative estimate of drug-likeness (QED) is 0.856. The molecule has 1 aromatic rings. The van der Waals surface area contributed by atoms with Crippen molar-refractivity contribution in [3.8, 4) is 5.75 Å². The fourth-order valence-electron chi connectivity index (χ4n) is 3.35. The van der Waals surface area contributed by atoms with Crippen LogP contribution in [-0.4, -0.2) is 55.4 Å². The summed E-state index contributed by atoms with van der Waals surface area (Å²) in [5, 5.41) is 2.90. The fourth-order valence-corrected chi connectivity index (χ4v) is 3.35. The highest BCUT2D eigenvalue weighted by atomic mass is 16.5. The standard InChI is InChI=1S/C18H23N3O4/c1-3-25-15-7-5-4-6-14(15)21-10-12(8-17(21)23)18(24)19-13-9-16(22)20(2)11-13/h4-7,12-13H,3,8-11H2,1-2H3,(H,19,24)/t12-,13+/m1/s1. The van der Waals surface area contributed by atoms with E-state index in [1.807, 2.05) is 31.2 Å². The number of ether oxygens (including phenoxy) is 1. The van der Waals surface area contributed by atoms with Gasteiger partial charge >= 0.3 is 0 Å². The summed E-state index contributed by atoms with van der Waals surface area (Å²) in [6, 6.07) is 7.17. The van der Waals surface area contributed by atoms with E-state index in [1.165, 1.54) is 0 Å². The van der Waals surface area contributed by atoms with Gasteiger partial charge in [-0.25, -0.2) is 0 Å². The second kappa shape index (κ2) is 7.13. The van der Waals surface area contributed by atoms with Gasteiger partial charge in [-0.15, -0.1) is 0 Å². The van der Waals surface area contributed by atoms with Crippen LogP contribution in [0.2, 0.25) is 0 Å². The number of rotatable bonds is 5. The number of para-hydroxylation sites is 2. The second-order valence-corrected chi connectivity index (χ2v) is 6.49. The maximum Gasteiger partial charge on any atom is 0.227 e. The van der Waals surface area contributed by atoms with Crippen molar-refractivity contribution < 1.29 is 19.1 Å². The van der Waals surface area contributed by atoms with Crippen molar-refractivity contribution in [2.75, 3.05) is 31.6 Å². The molecule has 0 bridgehead atoms. The van der Waals surface area contributed by atoms with Crippen LogP contribution in [0.25, 0.3) is 0 Å². The van der Waals surface area contributed by atoms with E-state index in [-0.39, 0.29) is 30.2 Å². The molecule has 134 valence electrons. The van der Waals surface area contributed by atoms with Gasteiger partial charge in [0.1, 0.15) is 5.75 Å². The monoisotopic (exact) mass is 345 g/mol. The number of benzene rings is 1. The average Bonchev–Trinajstić information content (AvgIpc) is 3.11. The van der Waals surface area contributed by atoms with Crippen molar-refractivity contribution in [3.05, 3.63) is 24.3 Å². The van der Waals surface area contributed by atoms with Crippen LogP contribution < -0.4 is 15.0 Å². The third-order valence-corrected chi connectivity index (χ3v) is 4.64. The van der Waals surface area contributed by atoms with Gasteiger partial charge in [0.2, 0.25) is 17.7 Å². The first-order valence-electron chi connectivity index (χ1n) is 8.56. The van der Waals surface area contributed by atoms with Crippen molar-refractivity contribution in [1.29, 1.82) is 0 Å². The Morgan fingerprint density at radius 3 is 2.64 bits per heavy atom. The van der Waals surface area contributed by atoms with E-state index < -0.39 is 5.92 Å². The molecule has 0 aliphatic carbocycles. The van der Waals surface area contributed by atoms with Crippen LogP contribution in [0.5, 0.6) is 5.75 Å². The Balaban J connectivity index is 1.66. The SMILES string of the molecule is CCOc1ccccc1N1C[C@H](C(=O)N[C@H]2CC(=O)N(C)C2)CC1=O. The maximum atomic E-state index is 12.5. The molecular weight excluding hydrogens is 322 g/mol. The largest absolute Gasteiger partial charge is 0.492 e. The molecule has 2 fully saturated rings. The lowest BCUT2D eigenvalue weighted by molar-refractivity contribution is -0.127. The minimum atomic E-state index is -0.414. The lowest BCUT2D eigenvalue weighted by atomic mass is 10.1. The molecule has 1 aromatic carbocycles. The highest BCUT2D eigenvalue weighted by Gasteiger charge is 2.38. The number of nitrogens with one attached hydrogen (secondary N) is 1. The molecule has 0 unspecified atom stereocenters. The van der Waals surface area contributed by atoms with Crippen molar-refractivity contribution in [3.63, 3.8) is 0 Å². The summed E-state index contributed by atoms with van der Waals surface area (Å²) in [5.74, 6) is -0.00422. The zero-order valence-corrected chi connectivity index (χ0v) is 14.5. The lowest BCUT2D eigenvalue weighted by Gasteiger charge is -2.20. The number of anilines is 1. The molecule has 0 spiro atoms. The summed E-state index contributed by atoms with van der Waals surface area (Å²) in [5.41, 5.74) is 0.695. The van der Waals surface area contributed by atoms with Crippen LogP contribution in [-0.2, 0) is 14.4 Å². The number of hydrogen-bond acceptors (Lipinski definition) is 4. The summed E-state index contributed by atoms with van der Waals surface area (Å²) in [4.78, 5) is 39.7. The van der Waals surface area contributed by atoms with Gasteiger partial charge in [0.05, 0.1) is 24.3 Å². The number of carbonyl (C=O) groups is 3. The van der Waals surface area contributed by atoms with E-state index in [2.05, 4.69) is 5.32 Å². The van der Waals surface area contributed by atoms with Crippen LogP contribution in [0.1, 0.15) is 19.8 Å². The number of carbonyl (C=O) groups excluding carboxylic acids is 3. The number of hydrogen-bond donors (Lipinski definition) is 1. The first-order chi connectivity index (χ1) is 12.0. The van der Waals surface area contributed by atoms with Gasteiger partial charge in [0.25, 0.3) is 0 Å². The van der Waals surface area contributed by atoms with E-state index in [4.69, 9.17) is 4.74 Å². The highest BCUT2D eigenvalue weighted by Crippen LogP contribution is 2.33. The van der Waals surface area contributed by atoms with Crippen molar-refractivity contribution in [1.82, 2.24) is 10.2 Å². The zero-order chi connectivity index (χ0) is 18.0. The molecule has 1 N–H and O–H groups in total. The molecule has 2 saturated heterocycles. The third-order valence-electron chi connectivity index (χ3n) is 4.64. The summed E-state index contributed by atoms with van der Waals surface area (Å²) in [6.45, 7) is 3.23. The zero-order valence-electron chi connectivity index (χ0n) is 14.5. The van der Waals surface area contributed by atoms with E-state index in [0.717, 1.165) is 0 Å².